The third-order valence-corrected chi connectivity index (χ3v) is 6.24. The van der Waals surface area contributed by atoms with Gasteiger partial charge in [0.15, 0.2) is 0 Å². The van der Waals surface area contributed by atoms with E-state index in [-0.39, 0.29) is 11.8 Å². The topological polar surface area (TPSA) is 46.6 Å². The summed E-state index contributed by atoms with van der Waals surface area (Å²) in [4.78, 5) is 1.10. The van der Waals surface area contributed by atoms with E-state index < -0.39 is 10.0 Å². The van der Waals surface area contributed by atoms with Crippen molar-refractivity contribution in [2.24, 2.45) is 0 Å². The van der Waals surface area contributed by atoms with E-state index in [4.69, 9.17) is 4.74 Å². The first-order valence-electron chi connectivity index (χ1n) is 6.73. The molecule has 0 atom stereocenters. The summed E-state index contributed by atoms with van der Waals surface area (Å²) in [5, 5.41) is 1.99. The average Bonchev–Trinajstić information content (AvgIpc) is 2.89. The number of nitrogens with zero attached hydrogens (tertiary/aromatic N) is 1. The van der Waals surface area contributed by atoms with Crippen molar-refractivity contribution in [1.82, 2.24) is 4.31 Å². The lowest BCUT2D eigenvalue weighted by molar-refractivity contribution is 0.0571. The van der Waals surface area contributed by atoms with Gasteiger partial charge in [-0.3, -0.25) is 0 Å². The van der Waals surface area contributed by atoms with Gasteiger partial charge in [-0.2, -0.15) is 4.31 Å². The van der Waals surface area contributed by atoms with Crippen LogP contribution in [0, 0.1) is 0 Å². The summed E-state index contributed by atoms with van der Waals surface area (Å²) >= 11 is 1.61. The maximum atomic E-state index is 12.4. The Morgan fingerprint density at radius 2 is 2.16 bits per heavy atom. The van der Waals surface area contributed by atoms with E-state index in [9.17, 15) is 8.42 Å². The maximum absolute atomic E-state index is 12.4. The van der Waals surface area contributed by atoms with Gasteiger partial charge in [0.25, 0.3) is 0 Å². The summed E-state index contributed by atoms with van der Waals surface area (Å²) in [7, 11) is -3.16. The van der Waals surface area contributed by atoms with Gasteiger partial charge in [0.1, 0.15) is 0 Å². The molecule has 1 saturated heterocycles. The molecule has 0 aliphatic carbocycles. The monoisotopic (exact) mass is 303 g/mol. The molecule has 19 heavy (non-hydrogen) atoms. The molecule has 0 saturated carbocycles. The van der Waals surface area contributed by atoms with Gasteiger partial charge in [-0.15, -0.1) is 11.3 Å². The van der Waals surface area contributed by atoms with Crippen molar-refractivity contribution in [3.8, 4) is 0 Å². The Labute approximate surface area is 119 Å². The van der Waals surface area contributed by atoms with Crippen molar-refractivity contribution >= 4 is 21.4 Å². The Morgan fingerprint density at radius 3 is 2.74 bits per heavy atom. The molecule has 1 aliphatic heterocycles. The van der Waals surface area contributed by atoms with Crippen LogP contribution >= 0.6 is 11.3 Å². The van der Waals surface area contributed by atoms with E-state index in [2.05, 4.69) is 0 Å². The van der Waals surface area contributed by atoms with Gasteiger partial charge < -0.3 is 4.74 Å². The summed E-state index contributed by atoms with van der Waals surface area (Å²) in [6, 6.07) is 4.06. The molecular weight excluding hydrogens is 282 g/mol. The summed E-state index contributed by atoms with van der Waals surface area (Å²) in [5.74, 6) is 0.232. The highest BCUT2D eigenvalue weighted by molar-refractivity contribution is 7.89. The second-order valence-corrected chi connectivity index (χ2v) is 7.86. The summed E-state index contributed by atoms with van der Waals surface area (Å²) in [6.07, 6.45) is 2.26. The van der Waals surface area contributed by atoms with Gasteiger partial charge in [-0.25, -0.2) is 8.42 Å². The van der Waals surface area contributed by atoms with E-state index in [0.29, 0.717) is 26.2 Å². The largest absolute Gasteiger partial charge is 0.381 e. The molecule has 0 bridgehead atoms. The molecule has 0 N–H and O–H groups in total. The van der Waals surface area contributed by atoms with Gasteiger partial charge >= 0.3 is 0 Å². The Hall–Kier alpha value is -0.430. The Kier molecular flexibility index (Phi) is 5.38. The molecule has 0 radical (unpaired) electrons. The van der Waals surface area contributed by atoms with Crippen molar-refractivity contribution in [2.75, 3.05) is 19.0 Å². The molecule has 6 heteroatoms. The molecule has 2 heterocycles. The van der Waals surface area contributed by atoms with Crippen molar-refractivity contribution < 1.29 is 13.2 Å². The molecule has 0 aromatic carbocycles. The lowest BCUT2D eigenvalue weighted by atomic mass is 10.1. The Balaban J connectivity index is 2.16. The number of ether oxygens (including phenoxy) is 1. The van der Waals surface area contributed by atoms with Gasteiger partial charge in [0, 0.05) is 30.7 Å². The summed E-state index contributed by atoms with van der Waals surface area (Å²) in [6.45, 7) is 3.73. The van der Waals surface area contributed by atoms with E-state index in [1.165, 1.54) is 0 Å². The van der Waals surface area contributed by atoms with E-state index >= 15 is 0 Å². The van der Waals surface area contributed by atoms with Crippen LogP contribution in [0.5, 0.6) is 0 Å². The van der Waals surface area contributed by atoms with Crippen LogP contribution in [0.15, 0.2) is 17.5 Å². The highest BCUT2D eigenvalue weighted by Gasteiger charge is 2.30. The normalized spacial score (nSPS) is 18.0. The van der Waals surface area contributed by atoms with Crippen LogP contribution in [0.3, 0.4) is 0 Å². The minimum Gasteiger partial charge on any atom is -0.381 e. The average molecular weight is 303 g/mol. The first-order valence-corrected chi connectivity index (χ1v) is 9.22. The highest BCUT2D eigenvalue weighted by Crippen LogP contribution is 2.23. The van der Waals surface area contributed by atoms with Crippen molar-refractivity contribution in [1.29, 1.82) is 0 Å². The third-order valence-electron chi connectivity index (χ3n) is 3.31. The SMILES string of the molecule is CCCS(=O)(=O)N(Cc1cccs1)C1CCOCC1. The van der Waals surface area contributed by atoms with Crippen LogP contribution in [0.1, 0.15) is 31.1 Å². The molecule has 1 aromatic rings. The second kappa shape index (κ2) is 6.83. The third kappa shape index (κ3) is 4.02. The van der Waals surface area contributed by atoms with Crippen LogP contribution in [-0.4, -0.2) is 37.7 Å². The van der Waals surface area contributed by atoms with Gasteiger partial charge in [0.2, 0.25) is 10.0 Å². The summed E-state index contributed by atoms with van der Waals surface area (Å²) in [5.41, 5.74) is 0. The smallest absolute Gasteiger partial charge is 0.214 e. The lowest BCUT2D eigenvalue weighted by Gasteiger charge is -2.33. The molecule has 0 unspecified atom stereocenters. The van der Waals surface area contributed by atoms with Crippen LogP contribution in [-0.2, 0) is 21.3 Å². The Morgan fingerprint density at radius 1 is 1.42 bits per heavy atom. The number of hydrogen-bond donors (Lipinski definition) is 0. The minimum absolute atomic E-state index is 0.0902. The van der Waals surface area contributed by atoms with Crippen molar-refractivity contribution in [3.05, 3.63) is 22.4 Å². The van der Waals surface area contributed by atoms with E-state index in [0.717, 1.165) is 17.7 Å². The number of hydrogen-bond acceptors (Lipinski definition) is 4. The van der Waals surface area contributed by atoms with Gasteiger partial charge in [0.05, 0.1) is 5.75 Å². The zero-order valence-corrected chi connectivity index (χ0v) is 12.9. The second-order valence-electron chi connectivity index (χ2n) is 4.78. The highest BCUT2D eigenvalue weighted by atomic mass is 32.2. The Bertz CT molecular complexity index is 464. The molecular formula is C13H21NO3S2. The van der Waals surface area contributed by atoms with Crippen LogP contribution in [0.4, 0.5) is 0 Å². The van der Waals surface area contributed by atoms with Crippen LogP contribution in [0.2, 0.25) is 0 Å². The van der Waals surface area contributed by atoms with Crippen molar-refractivity contribution in [2.45, 2.75) is 38.8 Å². The quantitative estimate of drug-likeness (QED) is 0.811. The fourth-order valence-corrected chi connectivity index (χ4v) is 4.89. The maximum Gasteiger partial charge on any atom is 0.214 e. The fraction of sp³-hybridized carbons (Fsp3) is 0.692. The molecule has 4 nitrogen and oxygen atoms in total. The number of sulfonamides is 1. The molecule has 108 valence electrons. The first-order chi connectivity index (χ1) is 9.13. The zero-order chi connectivity index (χ0) is 13.7. The molecule has 1 aromatic heterocycles. The van der Waals surface area contributed by atoms with Crippen LogP contribution in [0.25, 0.3) is 0 Å². The van der Waals surface area contributed by atoms with E-state index in [1.54, 1.807) is 15.6 Å². The predicted molar refractivity (Wildman–Crippen MR) is 77.8 cm³/mol. The molecule has 1 fully saturated rings. The van der Waals surface area contributed by atoms with E-state index in [1.807, 2.05) is 24.4 Å². The number of thiophene rings is 1. The fourth-order valence-electron chi connectivity index (χ4n) is 2.36. The number of rotatable bonds is 6. The minimum atomic E-state index is -3.16. The van der Waals surface area contributed by atoms with Gasteiger partial charge in [-0.1, -0.05) is 13.0 Å². The predicted octanol–water partition coefficient (Wildman–Crippen LogP) is 2.47. The molecule has 1 aliphatic rings. The van der Waals surface area contributed by atoms with Crippen LogP contribution < -0.4 is 0 Å². The summed E-state index contributed by atoms with van der Waals surface area (Å²) < 4.78 is 31.9. The molecule has 0 amide bonds. The zero-order valence-electron chi connectivity index (χ0n) is 11.2. The van der Waals surface area contributed by atoms with Crippen molar-refractivity contribution in [3.63, 3.8) is 0 Å². The van der Waals surface area contributed by atoms with Gasteiger partial charge in [-0.05, 0) is 30.7 Å². The standard InChI is InChI=1S/C13H21NO3S2/c1-2-10-19(15,16)14(11-13-4-3-9-18-13)12-5-7-17-8-6-12/h3-4,9,12H,2,5-8,10-11H2,1H3. The molecule has 0 spiro atoms. The lowest BCUT2D eigenvalue weighted by Crippen LogP contribution is -2.43. The molecule has 2 rings (SSSR count). The first kappa shape index (κ1) is 15.0.